The van der Waals surface area contributed by atoms with Crippen LogP contribution in [0.3, 0.4) is 0 Å². The van der Waals surface area contributed by atoms with E-state index in [2.05, 4.69) is 5.32 Å². The number of hydrogen-bond donors (Lipinski definition) is 1. The maximum atomic E-state index is 12.4. The van der Waals surface area contributed by atoms with Crippen molar-refractivity contribution in [1.82, 2.24) is 0 Å². The van der Waals surface area contributed by atoms with E-state index in [1.54, 1.807) is 24.3 Å². The molecule has 1 aromatic heterocycles. The molecule has 0 aliphatic carbocycles. The van der Waals surface area contributed by atoms with Crippen LogP contribution < -0.4 is 10.7 Å². The molecule has 0 saturated heterocycles. The van der Waals surface area contributed by atoms with E-state index in [-0.39, 0.29) is 11.0 Å². The van der Waals surface area contributed by atoms with Crippen molar-refractivity contribution in [2.24, 2.45) is 0 Å². The molecule has 0 fully saturated rings. The van der Waals surface area contributed by atoms with Gasteiger partial charge in [-0.3, -0.25) is 9.59 Å². The first-order valence-corrected chi connectivity index (χ1v) is 6.54. The number of fused-ring (bicyclic) bond motifs is 1. The van der Waals surface area contributed by atoms with Gasteiger partial charge in [0, 0.05) is 5.69 Å². The molecule has 1 heterocycles. The Morgan fingerprint density at radius 1 is 1.10 bits per heavy atom. The number of nitrogens with one attached hydrogen (secondary N) is 1. The van der Waals surface area contributed by atoms with E-state index in [4.69, 9.17) is 4.42 Å². The van der Waals surface area contributed by atoms with Gasteiger partial charge in [0.2, 0.25) is 5.43 Å². The van der Waals surface area contributed by atoms with E-state index >= 15 is 0 Å². The van der Waals surface area contributed by atoms with Crippen LogP contribution in [-0.4, -0.2) is 5.91 Å². The third kappa shape index (κ3) is 2.56. The van der Waals surface area contributed by atoms with Crippen molar-refractivity contribution in [2.45, 2.75) is 6.92 Å². The Morgan fingerprint density at radius 2 is 1.86 bits per heavy atom. The molecule has 0 aliphatic rings. The molecule has 0 radical (unpaired) electrons. The predicted octanol–water partition coefficient (Wildman–Crippen LogP) is 3.35. The average molecular weight is 279 g/mol. The molecule has 4 heteroatoms. The van der Waals surface area contributed by atoms with Crippen LogP contribution in [0.4, 0.5) is 5.69 Å². The number of carbonyl (C=O) groups excluding carboxylic acids is 1. The number of benzene rings is 2. The zero-order valence-electron chi connectivity index (χ0n) is 11.4. The molecule has 1 N–H and O–H groups in total. The first-order chi connectivity index (χ1) is 10.1. The van der Waals surface area contributed by atoms with E-state index in [0.29, 0.717) is 16.7 Å². The zero-order chi connectivity index (χ0) is 14.8. The summed E-state index contributed by atoms with van der Waals surface area (Å²) < 4.78 is 5.38. The quantitative estimate of drug-likeness (QED) is 0.782. The second-order valence-corrected chi connectivity index (χ2v) is 4.80. The molecule has 0 bridgehead atoms. The van der Waals surface area contributed by atoms with Crippen LogP contribution in [0.25, 0.3) is 11.0 Å². The van der Waals surface area contributed by atoms with Crippen molar-refractivity contribution in [3.05, 3.63) is 76.1 Å². The minimum absolute atomic E-state index is 0.00282. The largest absolute Gasteiger partial charge is 0.463 e. The normalized spacial score (nSPS) is 10.5. The monoisotopic (exact) mass is 279 g/mol. The number of anilines is 1. The Morgan fingerprint density at radius 3 is 2.62 bits per heavy atom. The van der Waals surface area contributed by atoms with E-state index in [1.807, 2.05) is 31.2 Å². The molecule has 1 amide bonds. The fraction of sp³-hybridized carbons (Fsp3) is 0.0588. The summed E-state index contributed by atoms with van der Waals surface area (Å²) in [4.78, 5) is 24.6. The number of carbonyl (C=O) groups is 1. The highest BCUT2D eigenvalue weighted by molar-refractivity contribution is 6.05. The molecule has 3 rings (SSSR count). The third-order valence-electron chi connectivity index (χ3n) is 3.20. The molecular weight excluding hydrogens is 266 g/mol. The van der Waals surface area contributed by atoms with Crippen molar-refractivity contribution < 1.29 is 9.21 Å². The summed E-state index contributed by atoms with van der Waals surface area (Å²) in [5, 5.41) is 3.09. The van der Waals surface area contributed by atoms with Gasteiger partial charge < -0.3 is 9.73 Å². The lowest BCUT2D eigenvalue weighted by atomic mass is 10.1. The molecule has 0 spiro atoms. The van der Waals surface area contributed by atoms with E-state index in [1.165, 1.54) is 6.26 Å². The van der Waals surface area contributed by atoms with Crippen molar-refractivity contribution in [1.29, 1.82) is 0 Å². The first-order valence-electron chi connectivity index (χ1n) is 6.54. The highest BCUT2D eigenvalue weighted by atomic mass is 16.3. The van der Waals surface area contributed by atoms with Gasteiger partial charge in [-0.25, -0.2) is 0 Å². The maximum Gasteiger partial charge on any atom is 0.262 e. The van der Waals surface area contributed by atoms with Crippen LogP contribution in [0.1, 0.15) is 15.9 Å². The van der Waals surface area contributed by atoms with E-state index in [9.17, 15) is 9.59 Å². The van der Waals surface area contributed by atoms with Crippen LogP contribution in [0.5, 0.6) is 0 Å². The summed E-state index contributed by atoms with van der Waals surface area (Å²) in [5.74, 6) is -0.474. The van der Waals surface area contributed by atoms with Gasteiger partial charge in [0.15, 0.2) is 0 Å². The van der Waals surface area contributed by atoms with Gasteiger partial charge in [0.25, 0.3) is 5.91 Å². The third-order valence-corrected chi connectivity index (χ3v) is 3.20. The standard InChI is InChI=1S/C17H13NO3/c1-11-7-8-15-13(9-11)16(19)14(10-21-15)17(20)18-12-5-3-2-4-6-12/h2-10H,1H3,(H,18,20). The second kappa shape index (κ2) is 5.25. The second-order valence-electron chi connectivity index (χ2n) is 4.80. The number of para-hydroxylation sites is 1. The van der Waals surface area contributed by atoms with E-state index in [0.717, 1.165) is 5.56 Å². The Hall–Kier alpha value is -2.88. The fourth-order valence-corrected chi connectivity index (χ4v) is 2.12. The molecule has 0 saturated carbocycles. The van der Waals surface area contributed by atoms with Crippen LogP contribution in [0.15, 0.2) is 64.0 Å². The molecule has 3 aromatic rings. The van der Waals surface area contributed by atoms with Gasteiger partial charge in [0.1, 0.15) is 17.4 Å². The van der Waals surface area contributed by atoms with Crippen molar-refractivity contribution in [3.63, 3.8) is 0 Å². The lowest BCUT2D eigenvalue weighted by molar-refractivity contribution is 0.102. The Kier molecular flexibility index (Phi) is 3.28. The highest BCUT2D eigenvalue weighted by Gasteiger charge is 2.14. The summed E-state index contributed by atoms with van der Waals surface area (Å²) in [6.45, 7) is 1.88. The van der Waals surface area contributed by atoms with Gasteiger partial charge in [-0.1, -0.05) is 29.8 Å². The van der Waals surface area contributed by atoms with Gasteiger partial charge in [-0.05, 0) is 31.2 Å². The van der Waals surface area contributed by atoms with Gasteiger partial charge >= 0.3 is 0 Å². The van der Waals surface area contributed by atoms with Crippen molar-refractivity contribution >= 4 is 22.6 Å². The summed E-state index contributed by atoms with van der Waals surface area (Å²) in [6.07, 6.45) is 1.21. The Labute approximate surface area is 121 Å². The Bertz CT molecular complexity index is 866. The fourth-order valence-electron chi connectivity index (χ4n) is 2.12. The summed E-state index contributed by atoms with van der Waals surface area (Å²) in [7, 11) is 0. The number of hydrogen-bond acceptors (Lipinski definition) is 3. The molecule has 2 aromatic carbocycles. The number of rotatable bonds is 2. The molecule has 21 heavy (non-hydrogen) atoms. The van der Waals surface area contributed by atoms with E-state index < -0.39 is 5.91 Å². The summed E-state index contributed by atoms with van der Waals surface area (Å²) >= 11 is 0. The molecule has 0 unspecified atom stereocenters. The topological polar surface area (TPSA) is 59.3 Å². The first kappa shape index (κ1) is 13.1. The van der Waals surface area contributed by atoms with Crippen LogP contribution in [0, 0.1) is 6.92 Å². The van der Waals surface area contributed by atoms with Crippen molar-refractivity contribution in [3.8, 4) is 0 Å². The van der Waals surface area contributed by atoms with Crippen LogP contribution in [0.2, 0.25) is 0 Å². The lowest BCUT2D eigenvalue weighted by Gasteiger charge is -2.05. The van der Waals surface area contributed by atoms with Gasteiger partial charge in [0.05, 0.1) is 5.39 Å². The molecule has 0 aliphatic heterocycles. The maximum absolute atomic E-state index is 12.4. The predicted molar refractivity (Wildman–Crippen MR) is 81.6 cm³/mol. The van der Waals surface area contributed by atoms with Crippen LogP contribution in [-0.2, 0) is 0 Å². The smallest absolute Gasteiger partial charge is 0.262 e. The van der Waals surface area contributed by atoms with Gasteiger partial charge in [-0.15, -0.1) is 0 Å². The molecule has 104 valence electrons. The lowest BCUT2D eigenvalue weighted by Crippen LogP contribution is -2.21. The van der Waals surface area contributed by atoms with Crippen molar-refractivity contribution in [2.75, 3.05) is 5.32 Å². The highest BCUT2D eigenvalue weighted by Crippen LogP contribution is 2.14. The minimum Gasteiger partial charge on any atom is -0.463 e. The summed E-state index contributed by atoms with van der Waals surface area (Å²) in [5.41, 5.74) is 1.72. The zero-order valence-corrected chi connectivity index (χ0v) is 11.4. The SMILES string of the molecule is Cc1ccc2occ(C(=O)Nc3ccccc3)c(=O)c2c1. The number of aryl methyl sites for hydroxylation is 1. The molecule has 4 nitrogen and oxygen atoms in total. The molecule has 0 atom stereocenters. The summed E-state index contributed by atoms with van der Waals surface area (Å²) in [6, 6.07) is 14.3. The van der Waals surface area contributed by atoms with Gasteiger partial charge in [-0.2, -0.15) is 0 Å². The Balaban J connectivity index is 2.02. The number of amides is 1. The average Bonchev–Trinajstić information content (AvgIpc) is 2.49. The molecular formula is C17H13NO3. The van der Waals surface area contributed by atoms with Crippen LogP contribution >= 0.6 is 0 Å². The minimum atomic E-state index is -0.474.